The Morgan fingerprint density at radius 3 is 2.43 bits per heavy atom. The van der Waals surface area contributed by atoms with Crippen molar-refractivity contribution in [2.75, 3.05) is 7.11 Å². The molecule has 0 N–H and O–H groups in total. The van der Waals surface area contributed by atoms with E-state index >= 15 is 0 Å². The maximum atomic E-state index is 12.2. The normalized spacial score (nSPS) is 10.2. The van der Waals surface area contributed by atoms with Crippen molar-refractivity contribution in [3.63, 3.8) is 0 Å². The highest BCUT2D eigenvalue weighted by Crippen LogP contribution is 2.11. The summed E-state index contributed by atoms with van der Waals surface area (Å²) in [5.41, 5.74) is -0.00139. The summed E-state index contributed by atoms with van der Waals surface area (Å²) in [5, 5.41) is 0.513. The van der Waals surface area contributed by atoms with Crippen LogP contribution in [0.4, 0.5) is 0 Å². The van der Waals surface area contributed by atoms with Crippen LogP contribution in [0.3, 0.4) is 0 Å². The summed E-state index contributed by atoms with van der Waals surface area (Å²) in [5.74, 6) is -0.971. The van der Waals surface area contributed by atoms with E-state index in [1.54, 1.807) is 24.3 Å². The van der Waals surface area contributed by atoms with Crippen LogP contribution in [-0.2, 0) is 11.3 Å². The van der Waals surface area contributed by atoms with E-state index < -0.39 is 11.5 Å². The molecule has 0 atom stereocenters. The quantitative estimate of drug-likeness (QED) is 0.641. The van der Waals surface area contributed by atoms with E-state index in [2.05, 4.69) is 4.74 Å². The Morgan fingerprint density at radius 2 is 1.81 bits per heavy atom. The van der Waals surface area contributed by atoms with Gasteiger partial charge in [-0.2, -0.15) is 0 Å². The number of rotatable bonds is 4. The molecule has 1 aromatic heterocycles. The molecule has 0 radical (unpaired) electrons. The number of aromatic nitrogens is 1. The molecular weight excluding hydrogens is 294 g/mol. The number of carbonyl (C=O) groups is 2. The lowest BCUT2D eigenvalue weighted by Gasteiger charge is -2.10. The summed E-state index contributed by atoms with van der Waals surface area (Å²) in [6.45, 7) is -0.244. The molecule has 1 aromatic carbocycles. The molecule has 0 amide bonds. The molecule has 108 valence electrons. The van der Waals surface area contributed by atoms with Gasteiger partial charge >= 0.3 is 5.97 Å². The first-order valence-corrected chi connectivity index (χ1v) is 6.47. The molecule has 5 nitrogen and oxygen atoms in total. The van der Waals surface area contributed by atoms with Gasteiger partial charge in [-0.25, -0.2) is 4.79 Å². The number of ether oxygens (including phenoxy) is 1. The minimum absolute atomic E-state index is 0.0345. The first-order chi connectivity index (χ1) is 10.0. The van der Waals surface area contributed by atoms with E-state index in [0.717, 1.165) is 4.57 Å². The second-order valence-corrected chi connectivity index (χ2v) is 4.69. The second kappa shape index (κ2) is 6.37. The molecule has 2 aromatic rings. The summed E-state index contributed by atoms with van der Waals surface area (Å²) < 4.78 is 5.69. The van der Waals surface area contributed by atoms with E-state index in [-0.39, 0.29) is 18.0 Å². The van der Waals surface area contributed by atoms with Gasteiger partial charge in [0.2, 0.25) is 0 Å². The third kappa shape index (κ3) is 3.38. The van der Waals surface area contributed by atoms with Gasteiger partial charge in [-0.1, -0.05) is 17.7 Å². The third-order valence-electron chi connectivity index (χ3n) is 2.91. The molecule has 0 bridgehead atoms. The van der Waals surface area contributed by atoms with Crippen LogP contribution in [0.1, 0.15) is 20.8 Å². The fraction of sp³-hybridized carbons (Fsp3) is 0.133. The van der Waals surface area contributed by atoms with Gasteiger partial charge in [0.25, 0.3) is 5.56 Å². The van der Waals surface area contributed by atoms with Crippen LogP contribution < -0.4 is 5.56 Å². The predicted octanol–water partition coefficient (Wildman–Crippen LogP) is 2.17. The van der Waals surface area contributed by atoms with Gasteiger partial charge < -0.3 is 4.74 Å². The zero-order valence-electron chi connectivity index (χ0n) is 11.2. The molecule has 0 fully saturated rings. The van der Waals surface area contributed by atoms with E-state index in [4.69, 9.17) is 11.6 Å². The van der Waals surface area contributed by atoms with E-state index in [1.807, 2.05) is 0 Å². The maximum absolute atomic E-state index is 12.2. The van der Waals surface area contributed by atoms with E-state index in [0.29, 0.717) is 10.6 Å². The Kier molecular flexibility index (Phi) is 4.55. The molecule has 6 heteroatoms. The molecule has 0 aliphatic carbocycles. The molecule has 0 saturated heterocycles. The Bertz CT molecular complexity index is 734. The van der Waals surface area contributed by atoms with Crippen molar-refractivity contribution in [1.82, 2.24) is 4.57 Å². The zero-order valence-corrected chi connectivity index (χ0v) is 12.0. The number of pyridine rings is 1. The molecule has 0 aliphatic rings. The van der Waals surface area contributed by atoms with Gasteiger partial charge in [0, 0.05) is 16.7 Å². The summed E-state index contributed by atoms with van der Waals surface area (Å²) in [4.78, 5) is 35.7. The Morgan fingerprint density at radius 1 is 1.14 bits per heavy atom. The zero-order chi connectivity index (χ0) is 15.4. The van der Waals surface area contributed by atoms with Gasteiger partial charge in [0.05, 0.1) is 13.7 Å². The lowest BCUT2D eigenvalue weighted by atomic mass is 10.1. The van der Waals surface area contributed by atoms with Crippen LogP contribution in [0.2, 0.25) is 5.02 Å². The maximum Gasteiger partial charge on any atom is 0.354 e. The van der Waals surface area contributed by atoms with Crippen LogP contribution in [0, 0.1) is 0 Å². The Balaban J connectivity index is 2.35. The molecule has 0 saturated carbocycles. The fourth-order valence-electron chi connectivity index (χ4n) is 1.84. The van der Waals surface area contributed by atoms with Gasteiger partial charge in [-0.15, -0.1) is 0 Å². The number of Topliss-reactive ketones (excluding diaryl/α,β-unsaturated/α-hetero) is 1. The standard InChI is InChI=1S/C15H12ClNO4/c1-21-15(20)12-3-2-4-14(19)17(12)9-13(18)10-5-7-11(16)8-6-10/h2-8H,9H2,1H3. The summed E-state index contributed by atoms with van der Waals surface area (Å²) >= 11 is 5.76. The molecule has 2 rings (SSSR count). The summed E-state index contributed by atoms with van der Waals surface area (Å²) in [7, 11) is 1.21. The number of hydrogen-bond acceptors (Lipinski definition) is 4. The Hall–Kier alpha value is -2.40. The minimum Gasteiger partial charge on any atom is -0.464 e. The summed E-state index contributed by atoms with van der Waals surface area (Å²) in [6.07, 6.45) is 0. The molecular formula is C15H12ClNO4. The molecule has 1 heterocycles. The lowest BCUT2D eigenvalue weighted by molar-refractivity contribution is 0.0586. The summed E-state index contributed by atoms with van der Waals surface area (Å²) in [6, 6.07) is 10.5. The van der Waals surface area contributed by atoms with Crippen molar-refractivity contribution >= 4 is 23.4 Å². The number of benzene rings is 1. The van der Waals surface area contributed by atoms with Gasteiger partial charge in [0.15, 0.2) is 5.78 Å². The van der Waals surface area contributed by atoms with Crippen molar-refractivity contribution in [2.45, 2.75) is 6.54 Å². The molecule has 0 aliphatic heterocycles. The van der Waals surface area contributed by atoms with Crippen LogP contribution in [0.5, 0.6) is 0 Å². The highest BCUT2D eigenvalue weighted by molar-refractivity contribution is 6.30. The molecule has 21 heavy (non-hydrogen) atoms. The lowest BCUT2D eigenvalue weighted by Crippen LogP contribution is -2.28. The highest BCUT2D eigenvalue weighted by Gasteiger charge is 2.15. The minimum atomic E-state index is -0.670. The number of halogens is 1. The van der Waals surface area contributed by atoms with E-state index in [9.17, 15) is 14.4 Å². The number of esters is 1. The molecule has 0 unspecified atom stereocenters. The average molecular weight is 306 g/mol. The van der Waals surface area contributed by atoms with Gasteiger partial charge in [-0.05, 0) is 30.3 Å². The van der Waals surface area contributed by atoms with Crippen LogP contribution in [-0.4, -0.2) is 23.4 Å². The topological polar surface area (TPSA) is 65.4 Å². The first-order valence-electron chi connectivity index (χ1n) is 6.10. The number of carbonyl (C=O) groups excluding carboxylic acids is 2. The van der Waals surface area contributed by atoms with Crippen LogP contribution >= 0.6 is 11.6 Å². The van der Waals surface area contributed by atoms with Crippen molar-refractivity contribution in [3.05, 3.63) is 69.1 Å². The SMILES string of the molecule is COC(=O)c1cccc(=O)n1CC(=O)c1ccc(Cl)cc1. The number of hydrogen-bond donors (Lipinski definition) is 0. The fourth-order valence-corrected chi connectivity index (χ4v) is 1.96. The number of methoxy groups -OCH3 is 1. The van der Waals surface area contributed by atoms with Gasteiger partial charge in [-0.3, -0.25) is 14.2 Å². The van der Waals surface area contributed by atoms with Crippen LogP contribution in [0.15, 0.2) is 47.3 Å². The average Bonchev–Trinajstić information content (AvgIpc) is 2.49. The van der Waals surface area contributed by atoms with Crippen molar-refractivity contribution in [3.8, 4) is 0 Å². The number of ketones is 1. The monoisotopic (exact) mass is 305 g/mol. The first kappa shape index (κ1) is 15.0. The Labute approximate surface area is 125 Å². The highest BCUT2D eigenvalue weighted by atomic mass is 35.5. The largest absolute Gasteiger partial charge is 0.464 e. The van der Waals surface area contributed by atoms with Crippen molar-refractivity contribution in [2.24, 2.45) is 0 Å². The van der Waals surface area contributed by atoms with E-state index in [1.165, 1.54) is 25.3 Å². The molecule has 0 spiro atoms. The van der Waals surface area contributed by atoms with Gasteiger partial charge in [0.1, 0.15) is 5.69 Å². The third-order valence-corrected chi connectivity index (χ3v) is 3.16. The second-order valence-electron chi connectivity index (χ2n) is 4.26. The predicted molar refractivity (Wildman–Crippen MR) is 77.8 cm³/mol. The van der Waals surface area contributed by atoms with Crippen LogP contribution in [0.25, 0.3) is 0 Å². The smallest absolute Gasteiger partial charge is 0.354 e. The number of nitrogens with zero attached hydrogens (tertiary/aromatic N) is 1. The van der Waals surface area contributed by atoms with Crippen molar-refractivity contribution < 1.29 is 14.3 Å². The van der Waals surface area contributed by atoms with Crippen molar-refractivity contribution in [1.29, 1.82) is 0 Å².